The van der Waals surface area contributed by atoms with Crippen LogP contribution in [0.3, 0.4) is 0 Å². The van der Waals surface area contributed by atoms with E-state index in [4.69, 9.17) is 0 Å². The second kappa shape index (κ2) is 5.23. The van der Waals surface area contributed by atoms with Crippen molar-refractivity contribution in [3.8, 4) is 0 Å². The lowest BCUT2D eigenvalue weighted by Gasteiger charge is -2.12. The number of anilines is 1. The van der Waals surface area contributed by atoms with Gasteiger partial charge in [0.2, 0.25) is 0 Å². The van der Waals surface area contributed by atoms with Crippen LogP contribution in [-0.4, -0.2) is 35.9 Å². The van der Waals surface area contributed by atoms with Crippen molar-refractivity contribution in [3.63, 3.8) is 0 Å². The summed E-state index contributed by atoms with van der Waals surface area (Å²) in [4.78, 5) is 14.8. The van der Waals surface area contributed by atoms with E-state index in [0.29, 0.717) is 24.0 Å². The summed E-state index contributed by atoms with van der Waals surface area (Å²) >= 11 is 1.33. The number of nitrogens with one attached hydrogen (secondary N) is 1. The van der Waals surface area contributed by atoms with Crippen molar-refractivity contribution in [2.45, 2.75) is 18.1 Å². The number of nitrogens with zero attached hydrogens (tertiary/aromatic N) is 2. The van der Waals surface area contributed by atoms with Crippen LogP contribution in [0.2, 0.25) is 0 Å². The van der Waals surface area contributed by atoms with Gasteiger partial charge in [-0.15, -0.1) is 11.3 Å². The maximum atomic E-state index is 11.8. The number of rotatable bonds is 4. The van der Waals surface area contributed by atoms with Crippen LogP contribution in [0.1, 0.15) is 12.8 Å². The van der Waals surface area contributed by atoms with E-state index in [1.165, 1.54) is 11.3 Å². The molecule has 3 rings (SSSR count). The molecular formula is C12H13N3O4S2. The highest BCUT2D eigenvalue weighted by Gasteiger charge is 2.31. The van der Waals surface area contributed by atoms with Gasteiger partial charge in [0.05, 0.1) is 26.1 Å². The average molecular weight is 327 g/mol. The van der Waals surface area contributed by atoms with Gasteiger partial charge in [0, 0.05) is 6.54 Å². The molecule has 112 valence electrons. The van der Waals surface area contributed by atoms with E-state index in [0.717, 1.165) is 4.70 Å². The molecule has 0 aliphatic carbocycles. The van der Waals surface area contributed by atoms with Crippen molar-refractivity contribution >= 4 is 42.8 Å². The maximum Gasteiger partial charge on any atom is 0.319 e. The summed E-state index contributed by atoms with van der Waals surface area (Å²) in [5, 5.41) is 13.7. The quantitative estimate of drug-likeness (QED) is 0.682. The van der Waals surface area contributed by atoms with Gasteiger partial charge in [-0.05, 0) is 25.0 Å². The Morgan fingerprint density at radius 3 is 2.95 bits per heavy atom. The first-order chi connectivity index (χ1) is 9.99. The molecular weight excluding hydrogens is 314 g/mol. The van der Waals surface area contributed by atoms with Crippen molar-refractivity contribution in [1.82, 2.24) is 4.98 Å². The van der Waals surface area contributed by atoms with Crippen molar-refractivity contribution in [2.24, 2.45) is 0 Å². The fraction of sp³-hybridized carbons (Fsp3) is 0.417. The van der Waals surface area contributed by atoms with Gasteiger partial charge >= 0.3 is 5.69 Å². The Morgan fingerprint density at radius 1 is 1.48 bits per heavy atom. The highest BCUT2D eigenvalue weighted by Crippen LogP contribution is 2.34. The minimum atomic E-state index is -3.07. The van der Waals surface area contributed by atoms with Crippen molar-refractivity contribution in [1.29, 1.82) is 0 Å². The fourth-order valence-corrected chi connectivity index (χ4v) is 5.00. The van der Waals surface area contributed by atoms with Crippen LogP contribution in [0, 0.1) is 10.1 Å². The highest BCUT2D eigenvalue weighted by molar-refractivity contribution is 7.92. The monoisotopic (exact) mass is 327 g/mol. The van der Waals surface area contributed by atoms with E-state index in [-0.39, 0.29) is 18.0 Å². The summed E-state index contributed by atoms with van der Waals surface area (Å²) < 4.78 is 24.3. The molecule has 0 radical (unpaired) electrons. The topological polar surface area (TPSA) is 102 Å². The minimum Gasteiger partial charge on any atom is -0.378 e. The Kier molecular flexibility index (Phi) is 3.54. The Labute approximate surface area is 125 Å². The van der Waals surface area contributed by atoms with Crippen molar-refractivity contribution < 1.29 is 13.3 Å². The number of sulfone groups is 1. The molecule has 1 unspecified atom stereocenters. The lowest BCUT2D eigenvalue weighted by molar-refractivity contribution is -0.382. The zero-order valence-electron chi connectivity index (χ0n) is 11.0. The smallest absolute Gasteiger partial charge is 0.319 e. The van der Waals surface area contributed by atoms with Gasteiger partial charge < -0.3 is 5.32 Å². The summed E-state index contributed by atoms with van der Waals surface area (Å²) in [5.41, 5.74) is 2.12. The molecule has 1 fully saturated rings. The number of nitro benzene ring substituents is 1. The second-order valence-electron chi connectivity index (χ2n) is 4.93. The number of thiazole rings is 1. The molecule has 7 nitrogen and oxygen atoms in total. The molecule has 1 saturated heterocycles. The van der Waals surface area contributed by atoms with Gasteiger partial charge in [0.1, 0.15) is 5.69 Å². The van der Waals surface area contributed by atoms with E-state index in [1.54, 1.807) is 17.6 Å². The zero-order valence-corrected chi connectivity index (χ0v) is 12.6. The molecule has 1 N–H and O–H groups in total. The molecule has 9 heteroatoms. The normalized spacial score (nSPS) is 20.7. The van der Waals surface area contributed by atoms with Gasteiger partial charge in [-0.3, -0.25) is 10.1 Å². The Hall–Kier alpha value is -1.74. The molecule has 1 aromatic heterocycles. The number of fused-ring (bicyclic) bond motifs is 1. The minimum absolute atomic E-state index is 0.0934. The van der Waals surface area contributed by atoms with Gasteiger partial charge in [-0.1, -0.05) is 0 Å². The van der Waals surface area contributed by atoms with Gasteiger partial charge in [0.25, 0.3) is 0 Å². The van der Waals surface area contributed by atoms with Gasteiger partial charge in [0.15, 0.2) is 15.4 Å². The summed E-state index contributed by atoms with van der Waals surface area (Å²) in [7, 11) is -3.07. The molecule has 0 bridgehead atoms. The average Bonchev–Trinajstić information content (AvgIpc) is 3.01. The molecule has 2 aromatic rings. The predicted octanol–water partition coefficient (Wildman–Crippen LogP) is 2.19. The standard InChI is InChI=1S/C12H13N3O4S2/c16-15(17)12-9(3-4-10-11(12)14-7-20-10)13-6-8-2-1-5-21(8,18)19/h3-4,7-8,13H,1-2,5-6H2. The van der Waals surface area contributed by atoms with E-state index >= 15 is 0 Å². The van der Waals surface area contributed by atoms with Crippen LogP contribution >= 0.6 is 11.3 Å². The van der Waals surface area contributed by atoms with E-state index in [9.17, 15) is 18.5 Å². The summed E-state index contributed by atoms with van der Waals surface area (Å²) in [5.74, 6) is 0.201. The molecule has 1 atom stereocenters. The Balaban J connectivity index is 1.90. The van der Waals surface area contributed by atoms with Crippen LogP contribution in [0.25, 0.3) is 10.2 Å². The molecule has 0 amide bonds. The molecule has 1 aliphatic rings. The number of aromatic nitrogens is 1. The number of hydrogen-bond donors (Lipinski definition) is 1. The maximum absolute atomic E-state index is 11.8. The van der Waals surface area contributed by atoms with Crippen molar-refractivity contribution in [2.75, 3.05) is 17.6 Å². The first kappa shape index (κ1) is 14.2. The lowest BCUT2D eigenvalue weighted by Crippen LogP contribution is -2.25. The Morgan fingerprint density at radius 2 is 2.29 bits per heavy atom. The van der Waals surface area contributed by atoms with E-state index < -0.39 is 20.0 Å². The summed E-state index contributed by atoms with van der Waals surface area (Å²) in [6.45, 7) is 0.193. The largest absolute Gasteiger partial charge is 0.378 e. The van der Waals surface area contributed by atoms with Crippen LogP contribution in [0.15, 0.2) is 17.6 Å². The highest BCUT2D eigenvalue weighted by atomic mass is 32.2. The third-order valence-corrected chi connectivity index (χ3v) is 6.71. The second-order valence-corrected chi connectivity index (χ2v) is 8.22. The van der Waals surface area contributed by atoms with E-state index in [1.807, 2.05) is 0 Å². The van der Waals surface area contributed by atoms with Gasteiger partial charge in [-0.25, -0.2) is 13.4 Å². The van der Waals surface area contributed by atoms with Crippen LogP contribution in [0.5, 0.6) is 0 Å². The summed E-state index contributed by atoms with van der Waals surface area (Å²) in [6, 6.07) is 3.37. The van der Waals surface area contributed by atoms with Crippen LogP contribution in [-0.2, 0) is 9.84 Å². The third-order valence-electron chi connectivity index (χ3n) is 3.64. The third kappa shape index (κ3) is 2.58. The molecule has 0 spiro atoms. The van der Waals surface area contributed by atoms with Crippen molar-refractivity contribution in [3.05, 3.63) is 27.8 Å². The lowest BCUT2D eigenvalue weighted by atomic mass is 10.2. The van der Waals surface area contributed by atoms with Crippen LogP contribution < -0.4 is 5.32 Å². The SMILES string of the molecule is O=[N+]([O-])c1c(NCC2CCCS2(=O)=O)ccc2scnc12. The Bertz CT molecular complexity index is 800. The fourth-order valence-electron chi connectivity index (χ4n) is 2.56. The zero-order chi connectivity index (χ0) is 15.0. The number of hydrogen-bond acceptors (Lipinski definition) is 7. The van der Waals surface area contributed by atoms with E-state index in [2.05, 4.69) is 10.3 Å². The molecule has 21 heavy (non-hydrogen) atoms. The first-order valence-corrected chi connectivity index (χ1v) is 9.04. The first-order valence-electron chi connectivity index (χ1n) is 6.45. The van der Waals surface area contributed by atoms with Crippen LogP contribution in [0.4, 0.5) is 11.4 Å². The summed E-state index contributed by atoms with van der Waals surface area (Å²) in [6.07, 6.45) is 1.25. The van der Waals surface area contributed by atoms with Gasteiger partial charge in [-0.2, -0.15) is 0 Å². The number of nitro groups is 1. The molecule has 1 aromatic carbocycles. The number of benzene rings is 1. The molecule has 2 heterocycles. The molecule has 1 aliphatic heterocycles. The predicted molar refractivity (Wildman–Crippen MR) is 81.6 cm³/mol. The molecule has 0 saturated carbocycles.